The van der Waals surface area contributed by atoms with Crippen LogP contribution in [0.3, 0.4) is 0 Å². The van der Waals surface area contributed by atoms with E-state index < -0.39 is 0 Å². The van der Waals surface area contributed by atoms with E-state index >= 15 is 0 Å². The number of carbonyl (C=O) groups is 1. The van der Waals surface area contributed by atoms with Crippen LogP contribution in [0.4, 0.5) is 5.13 Å². The number of aryl methyl sites for hydroxylation is 1. The second-order valence-corrected chi connectivity index (χ2v) is 5.97. The van der Waals surface area contributed by atoms with E-state index in [4.69, 9.17) is 4.74 Å². The first-order valence-corrected chi connectivity index (χ1v) is 8.43. The lowest BCUT2D eigenvalue weighted by Crippen LogP contribution is -2.12. The molecule has 0 bridgehead atoms. The number of aromatic nitrogens is 2. The molecule has 0 aliphatic heterocycles. The minimum absolute atomic E-state index is 0.0680. The highest BCUT2D eigenvalue weighted by molar-refractivity contribution is 7.14. The predicted molar refractivity (Wildman–Crippen MR) is 95.3 cm³/mol. The van der Waals surface area contributed by atoms with E-state index in [1.807, 2.05) is 47.8 Å². The summed E-state index contributed by atoms with van der Waals surface area (Å²) in [6, 6.07) is 13.4. The summed E-state index contributed by atoms with van der Waals surface area (Å²) < 4.78 is 5.35. The van der Waals surface area contributed by atoms with Crippen LogP contribution in [0.15, 0.2) is 54.0 Å². The van der Waals surface area contributed by atoms with E-state index in [0.717, 1.165) is 22.7 Å². The average Bonchev–Trinajstić information content (AvgIpc) is 3.09. The molecule has 1 aromatic carbocycles. The van der Waals surface area contributed by atoms with E-state index in [9.17, 15) is 4.79 Å². The molecule has 6 heteroatoms. The fourth-order valence-electron chi connectivity index (χ4n) is 2.28. The van der Waals surface area contributed by atoms with Gasteiger partial charge in [0.2, 0.25) is 5.91 Å². The standard InChI is InChI=1S/C18H17N3O2S/c1-23-16-8-3-2-7-14(16)15-12-24-18(20-15)21-17(22)10-9-13-6-4-5-11-19-13/h2-8,11-12H,9-10H2,1H3,(H,20,21,22). The first-order chi connectivity index (χ1) is 11.8. The minimum atomic E-state index is -0.0680. The molecule has 0 fully saturated rings. The molecule has 3 aromatic rings. The van der Waals surface area contributed by atoms with Gasteiger partial charge in [-0.1, -0.05) is 18.2 Å². The number of hydrogen-bond acceptors (Lipinski definition) is 5. The third-order valence-corrected chi connectivity index (χ3v) is 4.23. The largest absolute Gasteiger partial charge is 0.496 e. The molecule has 3 rings (SSSR count). The molecule has 1 N–H and O–H groups in total. The number of carbonyl (C=O) groups excluding carboxylic acids is 1. The van der Waals surface area contributed by atoms with Gasteiger partial charge in [-0.25, -0.2) is 4.98 Å². The van der Waals surface area contributed by atoms with E-state index in [2.05, 4.69) is 15.3 Å². The Labute approximate surface area is 144 Å². The predicted octanol–water partition coefficient (Wildman–Crippen LogP) is 3.79. The van der Waals surface area contributed by atoms with Gasteiger partial charge in [-0.3, -0.25) is 9.78 Å². The molecule has 0 saturated heterocycles. The molecule has 122 valence electrons. The minimum Gasteiger partial charge on any atom is -0.496 e. The molecule has 0 radical (unpaired) electrons. The third kappa shape index (κ3) is 3.97. The molecule has 2 aromatic heterocycles. The van der Waals surface area contributed by atoms with Gasteiger partial charge in [-0.05, 0) is 30.7 Å². The quantitative estimate of drug-likeness (QED) is 0.742. The Morgan fingerprint density at radius 2 is 2.04 bits per heavy atom. The Morgan fingerprint density at radius 3 is 2.83 bits per heavy atom. The lowest BCUT2D eigenvalue weighted by Gasteiger charge is -2.05. The Balaban J connectivity index is 1.62. The summed E-state index contributed by atoms with van der Waals surface area (Å²) in [5.74, 6) is 0.692. The maximum Gasteiger partial charge on any atom is 0.226 e. The van der Waals surface area contributed by atoms with Crippen molar-refractivity contribution in [2.75, 3.05) is 12.4 Å². The molecule has 0 unspecified atom stereocenters. The molecular formula is C18H17N3O2S. The number of rotatable bonds is 6. The summed E-state index contributed by atoms with van der Waals surface area (Å²) in [7, 11) is 1.63. The fraction of sp³-hybridized carbons (Fsp3) is 0.167. The van der Waals surface area contributed by atoms with Crippen LogP contribution < -0.4 is 10.1 Å². The highest BCUT2D eigenvalue weighted by Gasteiger charge is 2.11. The zero-order chi connectivity index (χ0) is 16.8. The van der Waals surface area contributed by atoms with E-state index in [0.29, 0.717) is 18.0 Å². The number of methoxy groups -OCH3 is 1. The topological polar surface area (TPSA) is 64.1 Å². The van der Waals surface area contributed by atoms with E-state index in [-0.39, 0.29) is 5.91 Å². The Morgan fingerprint density at radius 1 is 1.21 bits per heavy atom. The maximum absolute atomic E-state index is 12.1. The van der Waals surface area contributed by atoms with Crippen molar-refractivity contribution in [3.63, 3.8) is 0 Å². The van der Waals surface area contributed by atoms with Crippen LogP contribution >= 0.6 is 11.3 Å². The summed E-state index contributed by atoms with van der Waals surface area (Å²) in [5.41, 5.74) is 2.60. The highest BCUT2D eigenvalue weighted by Crippen LogP contribution is 2.31. The van der Waals surface area contributed by atoms with Crippen LogP contribution in [0.1, 0.15) is 12.1 Å². The zero-order valence-corrected chi connectivity index (χ0v) is 14.0. The van der Waals surface area contributed by atoms with Gasteiger partial charge in [0, 0.05) is 29.3 Å². The van der Waals surface area contributed by atoms with E-state index in [1.165, 1.54) is 11.3 Å². The van der Waals surface area contributed by atoms with Crippen LogP contribution in [-0.4, -0.2) is 23.0 Å². The lowest BCUT2D eigenvalue weighted by molar-refractivity contribution is -0.116. The molecule has 0 atom stereocenters. The second kappa shape index (κ2) is 7.70. The number of pyridine rings is 1. The Kier molecular flexibility index (Phi) is 5.18. The lowest BCUT2D eigenvalue weighted by atomic mass is 10.1. The van der Waals surface area contributed by atoms with Crippen molar-refractivity contribution in [2.24, 2.45) is 0 Å². The maximum atomic E-state index is 12.1. The molecule has 0 aliphatic rings. The number of benzene rings is 1. The van der Waals surface area contributed by atoms with Gasteiger partial charge in [0.1, 0.15) is 5.75 Å². The van der Waals surface area contributed by atoms with Crippen molar-refractivity contribution in [3.05, 3.63) is 59.7 Å². The first-order valence-electron chi connectivity index (χ1n) is 7.55. The molecule has 24 heavy (non-hydrogen) atoms. The molecule has 1 amide bonds. The summed E-state index contributed by atoms with van der Waals surface area (Å²) in [6.45, 7) is 0. The van der Waals surface area contributed by atoms with Crippen molar-refractivity contribution >= 4 is 22.4 Å². The summed E-state index contributed by atoms with van der Waals surface area (Å²) in [4.78, 5) is 20.7. The number of anilines is 1. The van der Waals surface area contributed by atoms with Crippen LogP contribution in [0, 0.1) is 0 Å². The summed E-state index contributed by atoms with van der Waals surface area (Å²) in [5, 5.41) is 5.33. The number of ether oxygens (including phenoxy) is 1. The number of para-hydroxylation sites is 1. The molecule has 0 spiro atoms. The SMILES string of the molecule is COc1ccccc1-c1csc(NC(=O)CCc2ccccn2)n1. The molecule has 5 nitrogen and oxygen atoms in total. The number of thiazole rings is 1. The van der Waals surface area contributed by atoms with Gasteiger partial charge in [-0.15, -0.1) is 11.3 Å². The van der Waals surface area contributed by atoms with Crippen molar-refractivity contribution < 1.29 is 9.53 Å². The first kappa shape index (κ1) is 16.1. The number of amides is 1. The Bertz CT molecular complexity index is 818. The van der Waals surface area contributed by atoms with Gasteiger partial charge in [-0.2, -0.15) is 0 Å². The number of nitrogens with zero attached hydrogens (tertiary/aromatic N) is 2. The average molecular weight is 339 g/mol. The summed E-state index contributed by atoms with van der Waals surface area (Å²) in [6.07, 6.45) is 2.71. The van der Waals surface area contributed by atoms with Crippen molar-refractivity contribution in [2.45, 2.75) is 12.8 Å². The monoisotopic (exact) mass is 339 g/mol. The molecule has 0 saturated carbocycles. The van der Waals surface area contributed by atoms with Gasteiger partial charge in [0.05, 0.1) is 12.8 Å². The highest BCUT2D eigenvalue weighted by atomic mass is 32.1. The number of nitrogens with one attached hydrogen (secondary N) is 1. The molecule has 2 heterocycles. The zero-order valence-electron chi connectivity index (χ0n) is 13.2. The van der Waals surface area contributed by atoms with Crippen molar-refractivity contribution in [3.8, 4) is 17.0 Å². The normalized spacial score (nSPS) is 10.4. The Hall–Kier alpha value is -2.73. The smallest absolute Gasteiger partial charge is 0.226 e. The third-order valence-electron chi connectivity index (χ3n) is 3.47. The molecular weight excluding hydrogens is 322 g/mol. The van der Waals surface area contributed by atoms with Gasteiger partial charge < -0.3 is 10.1 Å². The van der Waals surface area contributed by atoms with Gasteiger partial charge >= 0.3 is 0 Å². The second-order valence-electron chi connectivity index (χ2n) is 5.11. The van der Waals surface area contributed by atoms with Gasteiger partial charge in [0.15, 0.2) is 5.13 Å². The van der Waals surface area contributed by atoms with Crippen molar-refractivity contribution in [1.82, 2.24) is 9.97 Å². The number of hydrogen-bond donors (Lipinski definition) is 1. The van der Waals surface area contributed by atoms with Crippen LogP contribution in [0.25, 0.3) is 11.3 Å². The molecule has 0 aliphatic carbocycles. The van der Waals surface area contributed by atoms with E-state index in [1.54, 1.807) is 13.3 Å². The van der Waals surface area contributed by atoms with Crippen molar-refractivity contribution in [1.29, 1.82) is 0 Å². The van der Waals surface area contributed by atoms with Crippen LogP contribution in [-0.2, 0) is 11.2 Å². The fourth-order valence-corrected chi connectivity index (χ4v) is 3.01. The van der Waals surface area contributed by atoms with Crippen LogP contribution in [0.5, 0.6) is 5.75 Å². The van der Waals surface area contributed by atoms with Gasteiger partial charge in [0.25, 0.3) is 0 Å². The summed E-state index contributed by atoms with van der Waals surface area (Å²) >= 11 is 1.40. The van der Waals surface area contributed by atoms with Crippen LogP contribution in [0.2, 0.25) is 0 Å².